The van der Waals surface area contributed by atoms with Crippen molar-refractivity contribution < 1.29 is 9.90 Å². The summed E-state index contributed by atoms with van der Waals surface area (Å²) in [5.74, 6) is -0.334. The van der Waals surface area contributed by atoms with E-state index in [0.717, 1.165) is 15.5 Å². The summed E-state index contributed by atoms with van der Waals surface area (Å²) >= 11 is 3.38. The Labute approximate surface area is 104 Å². The second-order valence-electron chi connectivity index (χ2n) is 3.79. The number of aromatic carboxylic acids is 1. The fourth-order valence-corrected chi connectivity index (χ4v) is 2.29. The van der Waals surface area contributed by atoms with Gasteiger partial charge in [-0.3, -0.25) is 4.40 Å². The molecule has 0 aliphatic rings. The van der Waals surface area contributed by atoms with E-state index in [1.165, 1.54) is 0 Å². The molecule has 0 fully saturated rings. The van der Waals surface area contributed by atoms with Crippen LogP contribution in [0.15, 0.2) is 28.9 Å². The second kappa shape index (κ2) is 3.33. The lowest BCUT2D eigenvalue weighted by molar-refractivity contribution is 0.0687. The predicted octanol–water partition coefficient (Wildman–Crippen LogP) is 2.29. The molecule has 0 spiro atoms. The molecule has 6 heteroatoms. The lowest BCUT2D eigenvalue weighted by Gasteiger charge is -1.94. The summed E-state index contributed by atoms with van der Waals surface area (Å²) in [5, 5.41) is 9.03. The minimum Gasteiger partial charge on any atom is -0.477 e. The summed E-state index contributed by atoms with van der Waals surface area (Å²) in [6.07, 6.45) is 1.58. The first-order valence-corrected chi connectivity index (χ1v) is 5.73. The van der Waals surface area contributed by atoms with E-state index < -0.39 is 5.97 Å². The summed E-state index contributed by atoms with van der Waals surface area (Å²) in [5.41, 5.74) is 1.95. The Bertz CT molecular complexity index is 757. The number of aromatic nitrogens is 3. The van der Waals surface area contributed by atoms with E-state index in [9.17, 15) is 4.79 Å². The van der Waals surface area contributed by atoms with Crippen molar-refractivity contribution in [1.82, 2.24) is 14.0 Å². The molecule has 17 heavy (non-hydrogen) atoms. The number of rotatable bonds is 1. The van der Waals surface area contributed by atoms with Crippen LogP contribution >= 0.6 is 15.9 Å². The number of benzene rings is 1. The van der Waals surface area contributed by atoms with E-state index in [1.54, 1.807) is 22.2 Å². The van der Waals surface area contributed by atoms with Gasteiger partial charge in [-0.2, -0.15) is 0 Å². The maximum absolute atomic E-state index is 11.0. The number of hydrogen-bond acceptors (Lipinski definition) is 2. The summed E-state index contributed by atoms with van der Waals surface area (Å²) in [6, 6.07) is 5.72. The number of halogens is 1. The van der Waals surface area contributed by atoms with Crippen LogP contribution in [-0.4, -0.2) is 25.0 Å². The molecular weight excluding hydrogens is 286 g/mol. The van der Waals surface area contributed by atoms with Gasteiger partial charge in [0.2, 0.25) is 5.78 Å². The van der Waals surface area contributed by atoms with Gasteiger partial charge in [-0.05, 0) is 18.2 Å². The first-order chi connectivity index (χ1) is 8.08. The Morgan fingerprint density at radius 1 is 1.47 bits per heavy atom. The molecule has 0 unspecified atom stereocenters. The van der Waals surface area contributed by atoms with Crippen molar-refractivity contribution in [3.05, 3.63) is 34.6 Å². The summed E-state index contributed by atoms with van der Waals surface area (Å²) in [4.78, 5) is 15.4. The topological polar surface area (TPSA) is 59.5 Å². The highest BCUT2D eigenvalue weighted by molar-refractivity contribution is 9.10. The molecule has 0 aliphatic carbocycles. The maximum atomic E-state index is 11.0. The molecule has 0 aliphatic heterocycles. The number of nitrogens with zero attached hydrogens (tertiary/aromatic N) is 3. The third-order valence-corrected chi connectivity index (χ3v) is 3.26. The Morgan fingerprint density at radius 3 is 2.94 bits per heavy atom. The van der Waals surface area contributed by atoms with Gasteiger partial charge in [0.1, 0.15) is 5.69 Å². The highest BCUT2D eigenvalue weighted by Crippen LogP contribution is 2.22. The molecule has 0 saturated heterocycles. The Balaban J connectivity index is 2.45. The van der Waals surface area contributed by atoms with Gasteiger partial charge in [0, 0.05) is 17.7 Å². The summed E-state index contributed by atoms with van der Waals surface area (Å²) in [6.45, 7) is 0. The van der Waals surface area contributed by atoms with Gasteiger partial charge in [-0.15, -0.1) is 0 Å². The standard InChI is InChI=1S/C11H8BrN3O2/c1-14-9(10(16)17)5-15-8-3-2-6(12)4-7(8)13-11(14)15/h2-5H,1H3,(H,16,17). The van der Waals surface area contributed by atoms with Crippen molar-refractivity contribution in [2.75, 3.05) is 0 Å². The number of hydrogen-bond donors (Lipinski definition) is 1. The van der Waals surface area contributed by atoms with E-state index in [4.69, 9.17) is 5.11 Å². The highest BCUT2D eigenvalue weighted by Gasteiger charge is 2.15. The van der Waals surface area contributed by atoms with Crippen molar-refractivity contribution in [2.45, 2.75) is 0 Å². The molecule has 0 saturated carbocycles. The van der Waals surface area contributed by atoms with E-state index in [2.05, 4.69) is 20.9 Å². The first kappa shape index (κ1) is 10.3. The molecule has 2 heterocycles. The molecular formula is C11H8BrN3O2. The fourth-order valence-electron chi connectivity index (χ4n) is 1.94. The van der Waals surface area contributed by atoms with Gasteiger partial charge in [0.25, 0.3) is 0 Å². The smallest absolute Gasteiger partial charge is 0.354 e. The third-order valence-electron chi connectivity index (χ3n) is 2.76. The monoisotopic (exact) mass is 293 g/mol. The lowest BCUT2D eigenvalue weighted by Crippen LogP contribution is -2.03. The van der Waals surface area contributed by atoms with Crippen LogP contribution in [0, 0.1) is 0 Å². The third kappa shape index (κ3) is 1.37. The predicted molar refractivity (Wildman–Crippen MR) is 66.3 cm³/mol. The maximum Gasteiger partial charge on any atom is 0.354 e. The van der Waals surface area contributed by atoms with Gasteiger partial charge in [0.15, 0.2) is 0 Å². The molecule has 3 aromatic rings. The molecule has 0 atom stereocenters. The van der Waals surface area contributed by atoms with Crippen molar-refractivity contribution in [2.24, 2.45) is 7.05 Å². The average Bonchev–Trinajstić information content (AvgIpc) is 2.76. The molecule has 1 aromatic carbocycles. The van der Waals surface area contributed by atoms with Gasteiger partial charge >= 0.3 is 5.97 Å². The number of aryl methyl sites for hydroxylation is 1. The molecule has 1 N–H and O–H groups in total. The SMILES string of the molecule is Cn1c(C(=O)O)cn2c3ccc(Br)cc3nc12. The number of carboxylic acids is 1. The van der Waals surface area contributed by atoms with Crippen LogP contribution in [0.25, 0.3) is 16.8 Å². The molecule has 0 bridgehead atoms. The Morgan fingerprint density at radius 2 is 2.24 bits per heavy atom. The summed E-state index contributed by atoms with van der Waals surface area (Å²) < 4.78 is 4.30. The van der Waals surface area contributed by atoms with Crippen LogP contribution in [0.5, 0.6) is 0 Å². The number of carboxylic acid groups (broad SMARTS) is 1. The van der Waals surface area contributed by atoms with Crippen LogP contribution < -0.4 is 0 Å². The Hall–Kier alpha value is -1.82. The van der Waals surface area contributed by atoms with Crippen LogP contribution in [0.2, 0.25) is 0 Å². The molecule has 2 aromatic heterocycles. The Kier molecular flexibility index (Phi) is 2.03. The number of carbonyl (C=O) groups is 1. The van der Waals surface area contributed by atoms with E-state index in [0.29, 0.717) is 5.78 Å². The van der Waals surface area contributed by atoms with Crippen molar-refractivity contribution in [3.63, 3.8) is 0 Å². The van der Waals surface area contributed by atoms with E-state index in [-0.39, 0.29) is 5.69 Å². The first-order valence-electron chi connectivity index (χ1n) is 4.94. The van der Waals surface area contributed by atoms with Crippen LogP contribution in [0.3, 0.4) is 0 Å². The van der Waals surface area contributed by atoms with Gasteiger partial charge in [-0.1, -0.05) is 15.9 Å². The normalized spacial score (nSPS) is 11.4. The zero-order valence-electron chi connectivity index (χ0n) is 8.88. The molecule has 5 nitrogen and oxygen atoms in total. The van der Waals surface area contributed by atoms with Crippen LogP contribution in [0.1, 0.15) is 10.5 Å². The van der Waals surface area contributed by atoms with E-state index >= 15 is 0 Å². The lowest BCUT2D eigenvalue weighted by atomic mass is 10.3. The fraction of sp³-hybridized carbons (Fsp3) is 0.0909. The van der Waals surface area contributed by atoms with Gasteiger partial charge in [0.05, 0.1) is 11.0 Å². The van der Waals surface area contributed by atoms with Crippen molar-refractivity contribution >= 4 is 38.7 Å². The van der Waals surface area contributed by atoms with Crippen LogP contribution in [-0.2, 0) is 7.05 Å². The zero-order chi connectivity index (χ0) is 12.2. The minimum atomic E-state index is -0.955. The van der Waals surface area contributed by atoms with E-state index in [1.807, 2.05) is 18.2 Å². The second-order valence-corrected chi connectivity index (χ2v) is 4.71. The van der Waals surface area contributed by atoms with Gasteiger partial charge in [-0.25, -0.2) is 9.78 Å². The van der Waals surface area contributed by atoms with Crippen LogP contribution in [0.4, 0.5) is 0 Å². The summed E-state index contributed by atoms with van der Waals surface area (Å²) in [7, 11) is 1.69. The molecule has 0 radical (unpaired) electrons. The molecule has 0 amide bonds. The van der Waals surface area contributed by atoms with Gasteiger partial charge < -0.3 is 9.67 Å². The largest absolute Gasteiger partial charge is 0.477 e. The number of fused-ring (bicyclic) bond motifs is 3. The number of imidazole rings is 2. The average molecular weight is 294 g/mol. The zero-order valence-corrected chi connectivity index (χ0v) is 10.5. The quantitative estimate of drug-likeness (QED) is 0.749. The highest BCUT2D eigenvalue weighted by atomic mass is 79.9. The minimum absolute atomic E-state index is 0.220. The molecule has 86 valence electrons. The van der Waals surface area contributed by atoms with Crippen molar-refractivity contribution in [3.8, 4) is 0 Å². The van der Waals surface area contributed by atoms with Crippen molar-refractivity contribution in [1.29, 1.82) is 0 Å². The molecule has 3 rings (SSSR count).